The lowest BCUT2D eigenvalue weighted by molar-refractivity contribution is 0.397. The second kappa shape index (κ2) is 6.23. The molecule has 1 aromatic rings. The van der Waals surface area contributed by atoms with Crippen LogP contribution in [-0.4, -0.2) is 18.6 Å². The summed E-state index contributed by atoms with van der Waals surface area (Å²) in [7, 11) is 2.03. The van der Waals surface area contributed by atoms with E-state index in [1.54, 1.807) is 0 Å². The van der Waals surface area contributed by atoms with Gasteiger partial charge in [0, 0.05) is 11.1 Å². The van der Waals surface area contributed by atoms with E-state index in [9.17, 15) is 0 Å². The van der Waals surface area contributed by atoms with E-state index < -0.39 is 0 Å². The van der Waals surface area contributed by atoms with Crippen molar-refractivity contribution in [2.45, 2.75) is 33.6 Å². The van der Waals surface area contributed by atoms with Crippen LogP contribution in [0.25, 0.3) is 0 Å². The number of thiazole rings is 1. The summed E-state index contributed by atoms with van der Waals surface area (Å²) in [4.78, 5) is 5.73. The lowest BCUT2D eigenvalue weighted by atomic mass is 9.94. The molecule has 1 heterocycles. The number of nitrogens with one attached hydrogen (secondary N) is 1. The lowest BCUT2D eigenvalue weighted by Crippen LogP contribution is -2.21. The fourth-order valence-corrected chi connectivity index (χ4v) is 2.89. The highest BCUT2D eigenvalue weighted by molar-refractivity contribution is 7.11. The number of aromatic nitrogens is 1. The summed E-state index contributed by atoms with van der Waals surface area (Å²) in [5.41, 5.74) is 0. The predicted molar refractivity (Wildman–Crippen MR) is 67.4 cm³/mol. The first kappa shape index (κ1) is 12.7. The van der Waals surface area contributed by atoms with Crippen molar-refractivity contribution in [2.24, 2.45) is 11.8 Å². The normalized spacial score (nSPS) is 13.4. The Bertz CT molecular complexity index is 281. The Morgan fingerprint density at radius 2 is 2.20 bits per heavy atom. The number of hydrogen-bond donors (Lipinski definition) is 1. The zero-order valence-electron chi connectivity index (χ0n) is 10.2. The summed E-state index contributed by atoms with van der Waals surface area (Å²) >= 11 is 1.83. The van der Waals surface area contributed by atoms with Gasteiger partial charge in [0.15, 0.2) is 0 Å². The van der Waals surface area contributed by atoms with Crippen LogP contribution < -0.4 is 5.32 Å². The van der Waals surface area contributed by atoms with E-state index in [0.717, 1.165) is 18.4 Å². The van der Waals surface area contributed by atoms with Gasteiger partial charge in [-0.05, 0) is 45.2 Å². The van der Waals surface area contributed by atoms with Crippen molar-refractivity contribution in [3.8, 4) is 0 Å². The Hall–Kier alpha value is -0.410. The van der Waals surface area contributed by atoms with Crippen molar-refractivity contribution in [3.05, 3.63) is 16.1 Å². The summed E-state index contributed by atoms with van der Waals surface area (Å²) in [6.07, 6.45) is 4.49. The second-order valence-corrected chi connectivity index (χ2v) is 5.92. The van der Waals surface area contributed by atoms with Crippen molar-refractivity contribution in [2.75, 3.05) is 13.6 Å². The minimum atomic E-state index is 0.745. The van der Waals surface area contributed by atoms with Gasteiger partial charge in [-0.2, -0.15) is 0 Å². The van der Waals surface area contributed by atoms with Gasteiger partial charge >= 0.3 is 0 Å². The average Bonchev–Trinajstić information content (AvgIpc) is 2.50. The van der Waals surface area contributed by atoms with Crippen LogP contribution in [0.4, 0.5) is 0 Å². The maximum absolute atomic E-state index is 4.31. The van der Waals surface area contributed by atoms with Crippen LogP contribution in [-0.2, 0) is 6.42 Å². The summed E-state index contributed by atoms with van der Waals surface area (Å²) in [5, 5.41) is 4.46. The standard InChI is InChI=1S/C12H22N2S/c1-9(2)5-11(7-13-4)6-12-8-14-10(3)15-12/h8-9,11,13H,5-7H2,1-4H3. The molecule has 0 radical (unpaired) electrons. The molecular weight excluding hydrogens is 204 g/mol. The molecule has 0 aliphatic rings. The van der Waals surface area contributed by atoms with Crippen molar-refractivity contribution >= 4 is 11.3 Å². The van der Waals surface area contributed by atoms with E-state index in [0.29, 0.717) is 0 Å². The third kappa shape index (κ3) is 4.76. The van der Waals surface area contributed by atoms with Crippen LogP contribution in [0, 0.1) is 18.8 Å². The molecule has 1 rings (SSSR count). The van der Waals surface area contributed by atoms with Crippen molar-refractivity contribution in [1.29, 1.82) is 0 Å². The van der Waals surface area contributed by atoms with Gasteiger partial charge in [-0.1, -0.05) is 13.8 Å². The zero-order valence-corrected chi connectivity index (χ0v) is 11.0. The summed E-state index contributed by atoms with van der Waals surface area (Å²) in [6, 6.07) is 0. The van der Waals surface area contributed by atoms with Crippen LogP contribution in [0.2, 0.25) is 0 Å². The van der Waals surface area contributed by atoms with Gasteiger partial charge in [0.1, 0.15) is 0 Å². The fraction of sp³-hybridized carbons (Fsp3) is 0.750. The van der Waals surface area contributed by atoms with E-state index in [1.165, 1.54) is 22.7 Å². The van der Waals surface area contributed by atoms with Gasteiger partial charge in [0.25, 0.3) is 0 Å². The van der Waals surface area contributed by atoms with Crippen molar-refractivity contribution in [3.63, 3.8) is 0 Å². The zero-order chi connectivity index (χ0) is 11.3. The smallest absolute Gasteiger partial charge is 0.0896 e. The minimum absolute atomic E-state index is 0.745. The molecule has 1 atom stereocenters. The summed E-state index contributed by atoms with van der Waals surface area (Å²) in [5.74, 6) is 1.52. The number of aryl methyl sites for hydroxylation is 1. The fourth-order valence-electron chi connectivity index (χ4n) is 1.98. The molecule has 0 aromatic carbocycles. The van der Waals surface area contributed by atoms with Crippen LogP contribution in [0.3, 0.4) is 0 Å². The number of hydrogen-bond acceptors (Lipinski definition) is 3. The molecule has 0 aliphatic heterocycles. The maximum atomic E-state index is 4.31. The largest absolute Gasteiger partial charge is 0.319 e. The molecular formula is C12H22N2S. The molecule has 1 aromatic heterocycles. The van der Waals surface area contributed by atoms with Gasteiger partial charge in [-0.3, -0.25) is 0 Å². The van der Waals surface area contributed by atoms with Crippen LogP contribution in [0.15, 0.2) is 6.20 Å². The third-order valence-electron chi connectivity index (χ3n) is 2.46. The first-order valence-electron chi connectivity index (χ1n) is 5.67. The van der Waals surface area contributed by atoms with Crippen LogP contribution in [0.5, 0.6) is 0 Å². The average molecular weight is 226 g/mol. The highest BCUT2D eigenvalue weighted by Gasteiger charge is 2.12. The molecule has 15 heavy (non-hydrogen) atoms. The van der Waals surface area contributed by atoms with Crippen LogP contribution >= 0.6 is 11.3 Å². The number of nitrogens with zero attached hydrogens (tertiary/aromatic N) is 1. The van der Waals surface area contributed by atoms with Gasteiger partial charge < -0.3 is 5.32 Å². The van der Waals surface area contributed by atoms with E-state index in [-0.39, 0.29) is 0 Å². The topological polar surface area (TPSA) is 24.9 Å². The lowest BCUT2D eigenvalue weighted by Gasteiger charge is -2.17. The van der Waals surface area contributed by atoms with E-state index in [4.69, 9.17) is 0 Å². The monoisotopic (exact) mass is 226 g/mol. The predicted octanol–water partition coefficient (Wildman–Crippen LogP) is 2.88. The third-order valence-corrected chi connectivity index (χ3v) is 3.39. The Kier molecular flexibility index (Phi) is 5.26. The summed E-state index contributed by atoms with van der Waals surface area (Å²) < 4.78 is 0. The molecule has 3 heteroatoms. The molecule has 0 aliphatic carbocycles. The quantitative estimate of drug-likeness (QED) is 0.807. The summed E-state index contributed by atoms with van der Waals surface area (Å²) in [6.45, 7) is 7.76. The Balaban J connectivity index is 2.50. The highest BCUT2D eigenvalue weighted by atomic mass is 32.1. The highest BCUT2D eigenvalue weighted by Crippen LogP contribution is 2.20. The van der Waals surface area contributed by atoms with Gasteiger partial charge in [0.05, 0.1) is 5.01 Å². The molecule has 0 amide bonds. The van der Waals surface area contributed by atoms with Crippen LogP contribution in [0.1, 0.15) is 30.2 Å². The van der Waals surface area contributed by atoms with E-state index in [1.807, 2.05) is 24.6 Å². The van der Waals surface area contributed by atoms with Crippen molar-refractivity contribution in [1.82, 2.24) is 10.3 Å². The second-order valence-electron chi connectivity index (χ2n) is 4.60. The van der Waals surface area contributed by atoms with Gasteiger partial charge in [0.2, 0.25) is 0 Å². The molecule has 0 saturated heterocycles. The molecule has 86 valence electrons. The molecule has 0 saturated carbocycles. The molecule has 0 bridgehead atoms. The first-order chi connectivity index (χ1) is 7.11. The molecule has 0 spiro atoms. The SMILES string of the molecule is CNCC(Cc1cnc(C)s1)CC(C)C. The van der Waals surface area contributed by atoms with E-state index >= 15 is 0 Å². The Morgan fingerprint density at radius 3 is 2.67 bits per heavy atom. The Labute approximate surface area is 97.1 Å². The molecule has 1 N–H and O–H groups in total. The molecule has 0 fully saturated rings. The first-order valence-corrected chi connectivity index (χ1v) is 6.49. The maximum Gasteiger partial charge on any atom is 0.0896 e. The number of rotatable bonds is 6. The van der Waals surface area contributed by atoms with E-state index in [2.05, 4.69) is 31.1 Å². The van der Waals surface area contributed by atoms with Gasteiger partial charge in [-0.25, -0.2) is 4.98 Å². The van der Waals surface area contributed by atoms with Crippen molar-refractivity contribution < 1.29 is 0 Å². The molecule has 1 unspecified atom stereocenters. The molecule has 2 nitrogen and oxygen atoms in total. The van der Waals surface area contributed by atoms with Gasteiger partial charge in [-0.15, -0.1) is 11.3 Å². The minimum Gasteiger partial charge on any atom is -0.319 e. The Morgan fingerprint density at radius 1 is 1.47 bits per heavy atom.